The molecule has 1 aliphatic heterocycles. The van der Waals surface area contributed by atoms with Crippen LogP contribution in [0.2, 0.25) is 0 Å². The van der Waals surface area contributed by atoms with Crippen LogP contribution in [-0.2, 0) is 11.0 Å². The summed E-state index contributed by atoms with van der Waals surface area (Å²) in [6.07, 6.45) is -3.53. The number of aliphatic hydroxyl groups excluding tert-OH is 1. The molecular weight excluding hydrogens is 353 g/mol. The highest BCUT2D eigenvalue weighted by Crippen LogP contribution is 2.28. The van der Waals surface area contributed by atoms with Crippen LogP contribution in [0.3, 0.4) is 0 Å². The van der Waals surface area contributed by atoms with Gasteiger partial charge in [-0.2, -0.15) is 17.7 Å². The molecule has 1 amide bonds. The fourth-order valence-electron chi connectivity index (χ4n) is 2.90. The molecule has 2 aromatic rings. The summed E-state index contributed by atoms with van der Waals surface area (Å²) < 4.78 is 39.6. The van der Waals surface area contributed by atoms with Crippen molar-refractivity contribution in [2.45, 2.75) is 32.0 Å². The van der Waals surface area contributed by atoms with Crippen LogP contribution in [0, 0.1) is 5.92 Å². The summed E-state index contributed by atoms with van der Waals surface area (Å²) in [5.74, 6) is -1.09. The van der Waals surface area contributed by atoms with Crippen molar-refractivity contribution in [3.05, 3.63) is 18.0 Å². The molecule has 3 heterocycles. The third-order valence-electron chi connectivity index (χ3n) is 4.35. The molecule has 0 radical (unpaired) electrons. The molecule has 1 saturated heterocycles. The Labute approximate surface area is 147 Å². The Morgan fingerprint density at radius 2 is 2.04 bits per heavy atom. The maximum absolute atomic E-state index is 13.0. The molecule has 2 N–H and O–H groups in total. The van der Waals surface area contributed by atoms with Crippen molar-refractivity contribution in [1.82, 2.24) is 25.1 Å². The van der Waals surface area contributed by atoms with Crippen LogP contribution in [-0.4, -0.2) is 56.6 Å². The maximum Gasteiger partial charge on any atom is 0.453 e. The Morgan fingerprint density at radius 1 is 1.35 bits per heavy atom. The fraction of sp³-hybridized carbons (Fsp3) is 0.600. The number of carbonyl (C=O) groups is 1. The molecule has 1 aliphatic rings. The molecule has 1 fully saturated rings. The van der Waals surface area contributed by atoms with E-state index < -0.39 is 12.0 Å². The van der Waals surface area contributed by atoms with Crippen LogP contribution in [0.5, 0.6) is 0 Å². The third-order valence-corrected chi connectivity index (χ3v) is 4.35. The van der Waals surface area contributed by atoms with Gasteiger partial charge in [0.2, 0.25) is 5.91 Å². The van der Waals surface area contributed by atoms with Gasteiger partial charge in [-0.1, -0.05) is 0 Å². The molecular formula is C15H19F3N6O2. The number of anilines is 1. The lowest BCUT2D eigenvalue weighted by molar-refractivity contribution is -0.146. The molecule has 3 rings (SSSR count). The Hall–Kier alpha value is -2.43. The predicted octanol–water partition coefficient (Wildman–Crippen LogP) is 0.857. The number of rotatable bonds is 4. The Balaban J connectivity index is 1.70. The van der Waals surface area contributed by atoms with E-state index in [1.54, 1.807) is 13.0 Å². The average molecular weight is 372 g/mol. The first-order valence-corrected chi connectivity index (χ1v) is 8.25. The van der Waals surface area contributed by atoms with E-state index >= 15 is 0 Å². The van der Waals surface area contributed by atoms with Gasteiger partial charge in [0.15, 0.2) is 5.65 Å². The fourth-order valence-corrected chi connectivity index (χ4v) is 2.90. The Bertz CT molecular complexity index is 785. The zero-order valence-corrected chi connectivity index (χ0v) is 14.1. The van der Waals surface area contributed by atoms with Crippen molar-refractivity contribution >= 4 is 17.4 Å². The number of nitrogens with zero attached hydrogens (tertiary/aromatic N) is 5. The molecule has 1 atom stereocenters. The number of alkyl halides is 3. The van der Waals surface area contributed by atoms with Crippen molar-refractivity contribution < 1.29 is 23.1 Å². The monoisotopic (exact) mass is 372 g/mol. The number of aliphatic hydroxyl groups is 1. The summed E-state index contributed by atoms with van der Waals surface area (Å²) in [5.41, 5.74) is 0.0216. The van der Waals surface area contributed by atoms with E-state index in [2.05, 4.69) is 20.6 Å². The van der Waals surface area contributed by atoms with Gasteiger partial charge in [-0.25, -0.2) is 0 Å². The van der Waals surface area contributed by atoms with Gasteiger partial charge in [0.05, 0.1) is 6.61 Å². The summed E-state index contributed by atoms with van der Waals surface area (Å²) in [6, 6.07) is 2.73. The number of nitrogens with one attached hydrogen (secondary N) is 1. The van der Waals surface area contributed by atoms with E-state index in [0.29, 0.717) is 36.3 Å². The number of carbonyl (C=O) groups excluding carboxylic acids is 1. The molecule has 0 saturated carbocycles. The summed E-state index contributed by atoms with van der Waals surface area (Å²) in [7, 11) is 0. The lowest BCUT2D eigenvalue weighted by Gasteiger charge is -2.32. The number of piperidine rings is 1. The minimum absolute atomic E-state index is 0.0216. The smallest absolute Gasteiger partial charge is 0.394 e. The highest BCUT2D eigenvalue weighted by molar-refractivity contribution is 5.79. The van der Waals surface area contributed by atoms with Crippen LogP contribution < -0.4 is 10.2 Å². The zero-order valence-electron chi connectivity index (χ0n) is 14.1. The Kier molecular flexibility index (Phi) is 4.99. The summed E-state index contributed by atoms with van der Waals surface area (Å²) in [5, 5.41) is 22.4. The van der Waals surface area contributed by atoms with E-state index in [-0.39, 0.29) is 30.1 Å². The van der Waals surface area contributed by atoms with Crippen LogP contribution in [0.25, 0.3) is 5.65 Å². The molecule has 142 valence electrons. The molecule has 11 heteroatoms. The molecule has 0 aromatic carbocycles. The number of aromatic nitrogens is 4. The predicted molar refractivity (Wildman–Crippen MR) is 85.4 cm³/mol. The minimum Gasteiger partial charge on any atom is -0.394 e. The second-order valence-electron chi connectivity index (χ2n) is 6.34. The average Bonchev–Trinajstić information content (AvgIpc) is 3.05. The molecule has 0 bridgehead atoms. The van der Waals surface area contributed by atoms with E-state index in [0.717, 1.165) is 0 Å². The van der Waals surface area contributed by atoms with E-state index in [1.807, 2.05) is 4.90 Å². The highest BCUT2D eigenvalue weighted by atomic mass is 19.4. The van der Waals surface area contributed by atoms with Gasteiger partial charge in [-0.05, 0) is 31.9 Å². The van der Waals surface area contributed by atoms with Gasteiger partial charge in [0.25, 0.3) is 5.82 Å². The molecule has 0 aliphatic carbocycles. The summed E-state index contributed by atoms with van der Waals surface area (Å²) in [6.45, 7) is 2.57. The van der Waals surface area contributed by atoms with Crippen molar-refractivity contribution in [3.63, 3.8) is 0 Å². The number of fused-ring (bicyclic) bond motifs is 1. The molecule has 8 nitrogen and oxygen atoms in total. The van der Waals surface area contributed by atoms with Gasteiger partial charge in [-0.15, -0.1) is 15.3 Å². The van der Waals surface area contributed by atoms with E-state index in [4.69, 9.17) is 5.11 Å². The van der Waals surface area contributed by atoms with Crippen molar-refractivity contribution in [2.75, 3.05) is 24.6 Å². The maximum atomic E-state index is 13.0. The first-order chi connectivity index (χ1) is 12.3. The van der Waals surface area contributed by atoms with E-state index in [9.17, 15) is 18.0 Å². The number of hydrogen-bond donors (Lipinski definition) is 2. The highest BCUT2D eigenvalue weighted by Gasteiger charge is 2.38. The third kappa shape index (κ3) is 3.71. The zero-order chi connectivity index (χ0) is 18.9. The summed E-state index contributed by atoms with van der Waals surface area (Å²) >= 11 is 0. The number of hydrogen-bond acceptors (Lipinski definition) is 6. The molecule has 26 heavy (non-hydrogen) atoms. The van der Waals surface area contributed by atoms with Gasteiger partial charge in [0, 0.05) is 25.0 Å². The SMILES string of the molecule is C[C@H](CO)NC(=O)C1CCN(c2ccc3nnc(C(F)(F)F)n3n2)CC1. The molecule has 0 unspecified atom stereocenters. The van der Waals surface area contributed by atoms with Crippen LogP contribution in [0.1, 0.15) is 25.6 Å². The topological polar surface area (TPSA) is 95.7 Å². The molecule has 2 aromatic heterocycles. The first kappa shape index (κ1) is 18.4. The molecule has 0 spiro atoms. The lowest BCUT2D eigenvalue weighted by atomic mass is 9.95. The number of halogens is 3. The lowest BCUT2D eigenvalue weighted by Crippen LogP contribution is -2.44. The van der Waals surface area contributed by atoms with Gasteiger partial charge < -0.3 is 15.3 Å². The normalized spacial score (nSPS) is 17.5. The van der Waals surface area contributed by atoms with Gasteiger partial charge >= 0.3 is 6.18 Å². The van der Waals surface area contributed by atoms with Crippen molar-refractivity contribution in [1.29, 1.82) is 0 Å². The standard InChI is InChI=1S/C15H19F3N6O2/c1-9(8-25)19-13(26)10-4-6-23(7-5-10)12-3-2-11-20-21-14(15(16,17)18)24(11)22-12/h2-3,9-10,25H,4-8H2,1H3,(H,19,26)/t9-/m1/s1. The number of amides is 1. The quantitative estimate of drug-likeness (QED) is 0.827. The Morgan fingerprint density at radius 3 is 2.65 bits per heavy atom. The largest absolute Gasteiger partial charge is 0.453 e. The van der Waals surface area contributed by atoms with Crippen LogP contribution >= 0.6 is 0 Å². The second kappa shape index (κ2) is 7.06. The van der Waals surface area contributed by atoms with Gasteiger partial charge in [0.1, 0.15) is 5.82 Å². The van der Waals surface area contributed by atoms with E-state index in [1.165, 1.54) is 6.07 Å². The van der Waals surface area contributed by atoms with Crippen molar-refractivity contribution in [3.8, 4) is 0 Å². The van der Waals surface area contributed by atoms with Crippen LogP contribution in [0.15, 0.2) is 12.1 Å². The van der Waals surface area contributed by atoms with Crippen LogP contribution in [0.4, 0.5) is 19.0 Å². The van der Waals surface area contributed by atoms with Gasteiger partial charge in [-0.3, -0.25) is 4.79 Å². The second-order valence-corrected chi connectivity index (χ2v) is 6.34. The summed E-state index contributed by atoms with van der Waals surface area (Å²) in [4.78, 5) is 13.9. The minimum atomic E-state index is -4.64. The van der Waals surface area contributed by atoms with Crippen molar-refractivity contribution in [2.24, 2.45) is 5.92 Å². The first-order valence-electron chi connectivity index (χ1n) is 8.25.